The molecule has 0 aliphatic rings. The third-order valence-corrected chi connectivity index (χ3v) is 1.70. The Hall–Kier alpha value is -1.71. The lowest BCUT2D eigenvalue weighted by Crippen LogP contribution is -2.10. The Labute approximate surface area is 78.7 Å². The average Bonchev–Trinajstić information content (AvgIpc) is 2.08. The van der Waals surface area contributed by atoms with Gasteiger partial charge in [0.1, 0.15) is 0 Å². The van der Waals surface area contributed by atoms with Gasteiger partial charge in [-0.15, -0.1) is 0 Å². The van der Waals surface area contributed by atoms with Gasteiger partial charge in [-0.3, -0.25) is 4.79 Å². The molecule has 0 spiro atoms. The molecule has 6 heteroatoms. The van der Waals surface area contributed by atoms with Crippen LogP contribution in [-0.2, 0) is 0 Å². The Morgan fingerprint density at radius 1 is 1.62 bits per heavy atom. The quantitative estimate of drug-likeness (QED) is 0.439. The summed E-state index contributed by atoms with van der Waals surface area (Å²) in [6.07, 6.45) is 0. The van der Waals surface area contributed by atoms with Gasteiger partial charge in [0, 0.05) is 10.5 Å². The monoisotopic (exact) mass is 196 g/mol. The maximum absolute atomic E-state index is 10.7. The molecule has 1 aromatic rings. The molecule has 2 N–H and O–H groups in total. The molecule has 0 saturated carbocycles. The summed E-state index contributed by atoms with van der Waals surface area (Å²) in [6, 6.07) is 4.25. The number of carbonyl (C=O) groups excluding carboxylic acids is 1. The Morgan fingerprint density at radius 2 is 2.31 bits per heavy atom. The number of halogens is 1. The lowest BCUT2D eigenvalue weighted by atomic mass is 10.2. The number of primary amides is 1. The molecule has 1 aromatic carbocycles. The van der Waals surface area contributed by atoms with Crippen molar-refractivity contribution in [2.45, 2.75) is 0 Å². The van der Waals surface area contributed by atoms with Gasteiger partial charge in [0.2, 0.25) is 5.91 Å². The van der Waals surface area contributed by atoms with Gasteiger partial charge in [-0.05, 0) is 23.7 Å². The maximum atomic E-state index is 10.7. The Kier molecular flexibility index (Phi) is 2.74. The molecule has 66 valence electrons. The molecule has 0 atom stereocenters. The number of benzene rings is 1. The van der Waals surface area contributed by atoms with Crippen LogP contribution in [0, 0.1) is 0 Å². The summed E-state index contributed by atoms with van der Waals surface area (Å²) in [5.41, 5.74) is 13.6. The van der Waals surface area contributed by atoms with E-state index >= 15 is 0 Å². The van der Waals surface area contributed by atoms with Crippen LogP contribution >= 0.6 is 11.6 Å². The van der Waals surface area contributed by atoms with Crippen molar-refractivity contribution in [1.29, 1.82) is 0 Å². The minimum atomic E-state index is -0.592. The van der Waals surface area contributed by atoms with E-state index in [-0.39, 0.29) is 16.3 Å². The van der Waals surface area contributed by atoms with Crippen molar-refractivity contribution in [2.24, 2.45) is 10.8 Å². The molecule has 0 aromatic heterocycles. The number of nitrogens with two attached hydrogens (primary N) is 1. The van der Waals surface area contributed by atoms with Crippen LogP contribution in [0.25, 0.3) is 10.4 Å². The van der Waals surface area contributed by atoms with E-state index in [0.29, 0.717) is 0 Å². The highest BCUT2D eigenvalue weighted by atomic mass is 35.5. The van der Waals surface area contributed by atoms with Crippen molar-refractivity contribution in [3.05, 3.63) is 39.2 Å². The summed E-state index contributed by atoms with van der Waals surface area (Å²) in [4.78, 5) is 13.3. The second kappa shape index (κ2) is 3.80. The summed E-state index contributed by atoms with van der Waals surface area (Å²) < 4.78 is 0. The topological polar surface area (TPSA) is 91.8 Å². The van der Waals surface area contributed by atoms with Gasteiger partial charge in [-0.25, -0.2) is 0 Å². The van der Waals surface area contributed by atoms with Crippen molar-refractivity contribution in [1.82, 2.24) is 0 Å². The predicted octanol–water partition coefficient (Wildman–Crippen LogP) is 2.38. The first kappa shape index (κ1) is 9.38. The summed E-state index contributed by atoms with van der Waals surface area (Å²) >= 11 is 5.66. The summed E-state index contributed by atoms with van der Waals surface area (Å²) in [5, 5.41) is 3.57. The van der Waals surface area contributed by atoms with E-state index < -0.39 is 5.91 Å². The molecule has 5 nitrogen and oxygen atoms in total. The van der Waals surface area contributed by atoms with E-state index in [0.717, 1.165) is 0 Å². The number of hydrogen-bond acceptors (Lipinski definition) is 2. The fourth-order valence-corrected chi connectivity index (χ4v) is 0.946. The van der Waals surface area contributed by atoms with E-state index in [1.165, 1.54) is 18.2 Å². The number of amides is 1. The van der Waals surface area contributed by atoms with E-state index in [9.17, 15) is 4.79 Å². The van der Waals surface area contributed by atoms with Gasteiger partial charge in [-0.2, -0.15) is 0 Å². The minimum absolute atomic E-state index is 0.195. The van der Waals surface area contributed by atoms with Crippen LogP contribution in [0.2, 0.25) is 5.02 Å². The zero-order valence-corrected chi connectivity index (χ0v) is 7.19. The zero-order valence-electron chi connectivity index (χ0n) is 6.44. The predicted molar refractivity (Wildman–Crippen MR) is 48.8 cm³/mol. The van der Waals surface area contributed by atoms with Gasteiger partial charge in [0.05, 0.1) is 10.7 Å². The summed E-state index contributed by atoms with van der Waals surface area (Å²) in [5.74, 6) is -0.592. The van der Waals surface area contributed by atoms with Crippen molar-refractivity contribution >= 4 is 23.2 Å². The third kappa shape index (κ3) is 2.11. The molecule has 1 rings (SSSR count). The minimum Gasteiger partial charge on any atom is -0.366 e. The molecular weight excluding hydrogens is 192 g/mol. The van der Waals surface area contributed by atoms with Crippen LogP contribution in [0.1, 0.15) is 10.4 Å². The van der Waals surface area contributed by atoms with Crippen LogP contribution < -0.4 is 5.73 Å². The van der Waals surface area contributed by atoms with Crippen molar-refractivity contribution in [3.63, 3.8) is 0 Å². The second-order valence-corrected chi connectivity index (χ2v) is 2.63. The number of azide groups is 1. The highest BCUT2D eigenvalue weighted by molar-refractivity contribution is 6.33. The van der Waals surface area contributed by atoms with Gasteiger partial charge < -0.3 is 5.73 Å². The first-order valence-corrected chi connectivity index (χ1v) is 3.67. The second-order valence-electron chi connectivity index (χ2n) is 2.22. The molecular formula is C7H5ClN4O. The molecule has 0 bridgehead atoms. The molecule has 0 heterocycles. The van der Waals surface area contributed by atoms with E-state index in [4.69, 9.17) is 22.9 Å². The molecule has 0 saturated heterocycles. The van der Waals surface area contributed by atoms with Crippen LogP contribution in [-0.4, -0.2) is 5.91 Å². The average molecular weight is 197 g/mol. The zero-order chi connectivity index (χ0) is 9.84. The van der Waals surface area contributed by atoms with Crippen molar-refractivity contribution in [2.75, 3.05) is 0 Å². The molecule has 0 aliphatic carbocycles. The standard InChI is InChI=1S/C7H5ClN4O/c8-5-2-1-4(7(9)13)3-6(5)11-12-10/h1-3H,(H2,9,13). The fourth-order valence-electron chi connectivity index (χ4n) is 0.791. The highest BCUT2D eigenvalue weighted by Gasteiger charge is 2.03. The number of carbonyl (C=O) groups is 1. The van der Waals surface area contributed by atoms with Crippen molar-refractivity contribution < 1.29 is 4.79 Å². The Bertz CT molecular complexity index is 397. The molecule has 0 unspecified atom stereocenters. The van der Waals surface area contributed by atoms with E-state index in [1.807, 2.05) is 0 Å². The number of rotatable bonds is 2. The maximum Gasteiger partial charge on any atom is 0.248 e. The smallest absolute Gasteiger partial charge is 0.248 e. The number of hydrogen-bond donors (Lipinski definition) is 1. The van der Waals surface area contributed by atoms with Crippen LogP contribution in [0.15, 0.2) is 23.3 Å². The van der Waals surface area contributed by atoms with Crippen LogP contribution in [0.4, 0.5) is 5.69 Å². The molecule has 1 amide bonds. The van der Waals surface area contributed by atoms with Gasteiger partial charge >= 0.3 is 0 Å². The Balaban J connectivity index is 3.26. The molecule has 0 radical (unpaired) electrons. The van der Waals surface area contributed by atoms with Crippen LogP contribution in [0.5, 0.6) is 0 Å². The Morgan fingerprint density at radius 3 is 2.85 bits per heavy atom. The van der Waals surface area contributed by atoms with E-state index in [1.54, 1.807) is 0 Å². The van der Waals surface area contributed by atoms with Gasteiger partial charge in [0.15, 0.2) is 0 Å². The summed E-state index contributed by atoms with van der Waals surface area (Å²) in [6.45, 7) is 0. The largest absolute Gasteiger partial charge is 0.366 e. The normalized spacial score (nSPS) is 9.00. The fraction of sp³-hybridized carbons (Fsp3) is 0. The van der Waals surface area contributed by atoms with E-state index in [2.05, 4.69) is 10.0 Å². The van der Waals surface area contributed by atoms with Gasteiger partial charge in [-0.1, -0.05) is 16.7 Å². The van der Waals surface area contributed by atoms with Crippen molar-refractivity contribution in [3.8, 4) is 0 Å². The van der Waals surface area contributed by atoms with Gasteiger partial charge in [0.25, 0.3) is 0 Å². The first-order valence-electron chi connectivity index (χ1n) is 3.29. The lowest BCUT2D eigenvalue weighted by Gasteiger charge is -1.98. The molecule has 0 aliphatic heterocycles. The van der Waals surface area contributed by atoms with Crippen LogP contribution in [0.3, 0.4) is 0 Å². The molecule has 0 fully saturated rings. The third-order valence-electron chi connectivity index (χ3n) is 1.38. The summed E-state index contributed by atoms with van der Waals surface area (Å²) in [7, 11) is 0. The lowest BCUT2D eigenvalue weighted by molar-refractivity contribution is 0.100. The SMILES string of the molecule is [N-]=[N+]=Nc1cc(C(N)=O)ccc1Cl. The highest BCUT2D eigenvalue weighted by Crippen LogP contribution is 2.25. The number of nitrogens with zero attached hydrogens (tertiary/aromatic N) is 3. The first-order chi connectivity index (χ1) is 6.15. The molecule has 13 heavy (non-hydrogen) atoms.